The molecule has 0 amide bonds. The fraction of sp³-hybridized carbons (Fsp3) is 0.529. The van der Waals surface area contributed by atoms with Gasteiger partial charge < -0.3 is 10.4 Å². The van der Waals surface area contributed by atoms with Crippen LogP contribution >= 0.6 is 22.6 Å². The predicted molar refractivity (Wildman–Crippen MR) is 95.3 cm³/mol. The molecule has 4 atom stereocenters. The molecule has 2 aliphatic rings. The Morgan fingerprint density at radius 1 is 1.36 bits per heavy atom. The van der Waals surface area contributed by atoms with Crippen molar-refractivity contribution >= 4 is 22.6 Å². The Labute approximate surface area is 145 Å². The van der Waals surface area contributed by atoms with E-state index < -0.39 is 0 Å². The average molecular weight is 414 g/mol. The van der Waals surface area contributed by atoms with Gasteiger partial charge in [0.1, 0.15) is 0 Å². The fourth-order valence-electron chi connectivity index (χ4n) is 3.82. The Hall–Kier alpha value is -0.630. The Morgan fingerprint density at radius 2 is 2.09 bits per heavy atom. The van der Waals surface area contributed by atoms with Crippen LogP contribution in [0.15, 0.2) is 35.5 Å². The standard InChI is InChI=1S/C17H23IN2O2/c1-3-14(20-22-2)16-13(10-4-6-11(18)7-5-10)8-12-9-15(21)17(16)19-12/h4-7,12-13,15,17,19-21H,3,8-9H2,1-2H3/t12?,13-,15?,17+/m0/s1. The normalized spacial score (nSPS) is 32.9. The zero-order valence-electron chi connectivity index (χ0n) is 13.0. The molecule has 22 heavy (non-hydrogen) atoms. The third-order valence-corrected chi connectivity index (χ3v) is 5.48. The number of halogens is 1. The van der Waals surface area contributed by atoms with Crippen LogP contribution in [0.25, 0.3) is 0 Å². The highest BCUT2D eigenvalue weighted by atomic mass is 127. The van der Waals surface area contributed by atoms with E-state index in [9.17, 15) is 5.11 Å². The van der Waals surface area contributed by atoms with Crippen LogP contribution in [0.1, 0.15) is 37.7 Å². The van der Waals surface area contributed by atoms with Crippen molar-refractivity contribution in [2.75, 3.05) is 7.11 Å². The maximum atomic E-state index is 10.4. The van der Waals surface area contributed by atoms with E-state index >= 15 is 0 Å². The molecule has 0 spiro atoms. The van der Waals surface area contributed by atoms with E-state index in [1.807, 2.05) is 0 Å². The van der Waals surface area contributed by atoms with Crippen LogP contribution in [0.3, 0.4) is 0 Å². The smallest absolute Gasteiger partial charge is 0.0747 e. The van der Waals surface area contributed by atoms with E-state index in [4.69, 9.17) is 4.84 Å². The van der Waals surface area contributed by atoms with Gasteiger partial charge in [-0.3, -0.25) is 10.3 Å². The third kappa shape index (κ3) is 3.04. The first kappa shape index (κ1) is 16.2. The van der Waals surface area contributed by atoms with Crippen molar-refractivity contribution in [1.29, 1.82) is 0 Å². The Bertz CT molecular complexity index is 558. The number of allylic oxidation sites excluding steroid dienone is 1. The third-order valence-electron chi connectivity index (χ3n) is 4.76. The van der Waals surface area contributed by atoms with Gasteiger partial charge in [0.25, 0.3) is 0 Å². The van der Waals surface area contributed by atoms with E-state index in [-0.39, 0.29) is 12.1 Å². The minimum Gasteiger partial charge on any atom is -0.391 e. The van der Waals surface area contributed by atoms with Crippen LogP contribution in [0.2, 0.25) is 0 Å². The van der Waals surface area contributed by atoms with Crippen LogP contribution in [-0.2, 0) is 4.84 Å². The molecule has 5 heteroatoms. The summed E-state index contributed by atoms with van der Waals surface area (Å²) < 4.78 is 1.24. The van der Waals surface area contributed by atoms with E-state index in [0.717, 1.165) is 25.0 Å². The van der Waals surface area contributed by atoms with Crippen LogP contribution in [0.5, 0.6) is 0 Å². The summed E-state index contributed by atoms with van der Waals surface area (Å²) in [6.45, 7) is 2.12. The lowest BCUT2D eigenvalue weighted by atomic mass is 9.80. The highest BCUT2D eigenvalue weighted by Gasteiger charge is 2.44. The number of fused-ring (bicyclic) bond motifs is 2. The van der Waals surface area contributed by atoms with Crippen molar-refractivity contribution < 1.29 is 9.94 Å². The molecule has 2 aliphatic heterocycles. The van der Waals surface area contributed by atoms with Crippen molar-refractivity contribution in [3.8, 4) is 0 Å². The Kier molecular flexibility index (Phi) is 5.07. The second kappa shape index (κ2) is 6.86. The monoisotopic (exact) mass is 414 g/mol. The summed E-state index contributed by atoms with van der Waals surface area (Å²) in [5.41, 5.74) is 6.71. The number of hydrogen-bond donors (Lipinski definition) is 3. The number of aliphatic hydroxyl groups excluding tert-OH is 1. The van der Waals surface area contributed by atoms with Crippen molar-refractivity contribution in [2.24, 2.45) is 0 Å². The summed E-state index contributed by atoms with van der Waals surface area (Å²) in [4.78, 5) is 5.17. The molecule has 2 fully saturated rings. The first-order valence-electron chi connectivity index (χ1n) is 7.85. The Morgan fingerprint density at radius 3 is 2.73 bits per heavy atom. The minimum absolute atomic E-state index is 0.0284. The average Bonchev–Trinajstić information content (AvgIpc) is 2.81. The summed E-state index contributed by atoms with van der Waals surface area (Å²) in [6.07, 6.45) is 2.41. The molecule has 2 bridgehead atoms. The van der Waals surface area contributed by atoms with Gasteiger partial charge in [-0.15, -0.1) is 0 Å². The maximum Gasteiger partial charge on any atom is 0.0747 e. The van der Waals surface area contributed by atoms with Gasteiger partial charge in [-0.1, -0.05) is 19.1 Å². The van der Waals surface area contributed by atoms with Crippen molar-refractivity contribution in [1.82, 2.24) is 10.8 Å². The molecule has 3 N–H and O–H groups in total. The number of piperidine rings is 1. The molecule has 0 aliphatic carbocycles. The predicted octanol–water partition coefficient (Wildman–Crippen LogP) is 2.69. The molecule has 2 heterocycles. The van der Waals surface area contributed by atoms with Crippen LogP contribution < -0.4 is 10.8 Å². The van der Waals surface area contributed by atoms with E-state index in [1.54, 1.807) is 7.11 Å². The van der Waals surface area contributed by atoms with Crippen LogP contribution in [-0.4, -0.2) is 30.4 Å². The summed E-state index contributed by atoms with van der Waals surface area (Å²) in [7, 11) is 1.64. The lowest BCUT2D eigenvalue weighted by Crippen LogP contribution is -2.44. The number of hydroxylamine groups is 1. The molecular formula is C17H23IN2O2. The molecule has 0 saturated carbocycles. The van der Waals surface area contributed by atoms with Gasteiger partial charge in [0.15, 0.2) is 0 Å². The highest BCUT2D eigenvalue weighted by molar-refractivity contribution is 14.1. The Balaban J connectivity index is 2.04. The lowest BCUT2D eigenvalue weighted by molar-refractivity contribution is 0.111. The van der Waals surface area contributed by atoms with Crippen molar-refractivity contribution in [2.45, 2.75) is 50.3 Å². The fourth-order valence-corrected chi connectivity index (χ4v) is 4.18. The zero-order valence-corrected chi connectivity index (χ0v) is 15.1. The number of nitrogens with one attached hydrogen (secondary N) is 2. The molecule has 2 saturated heterocycles. The maximum absolute atomic E-state index is 10.4. The van der Waals surface area contributed by atoms with Gasteiger partial charge in [0.2, 0.25) is 0 Å². The van der Waals surface area contributed by atoms with Crippen LogP contribution in [0.4, 0.5) is 0 Å². The molecule has 1 aromatic carbocycles. The summed E-state index contributed by atoms with van der Waals surface area (Å²) in [6, 6.07) is 9.16. The molecule has 120 valence electrons. The quantitative estimate of drug-likeness (QED) is 0.524. The van der Waals surface area contributed by atoms with Gasteiger partial charge in [-0.2, -0.15) is 0 Å². The SMILES string of the molecule is CCC(NOC)=C1[C@H](c2ccc(I)cc2)CC2CC(O)[C@H]1N2. The van der Waals surface area contributed by atoms with Gasteiger partial charge in [0.05, 0.1) is 19.3 Å². The highest BCUT2D eigenvalue weighted by Crippen LogP contribution is 2.43. The lowest BCUT2D eigenvalue weighted by Gasteiger charge is -2.35. The van der Waals surface area contributed by atoms with Crippen molar-refractivity contribution in [3.63, 3.8) is 0 Å². The number of rotatable bonds is 4. The van der Waals surface area contributed by atoms with E-state index in [2.05, 4.69) is 64.6 Å². The minimum atomic E-state index is -0.311. The topological polar surface area (TPSA) is 53.5 Å². The number of benzene rings is 1. The molecular weight excluding hydrogens is 391 g/mol. The first-order valence-corrected chi connectivity index (χ1v) is 8.93. The van der Waals surface area contributed by atoms with E-state index in [0.29, 0.717) is 12.0 Å². The van der Waals surface area contributed by atoms with Gasteiger partial charge in [-0.25, -0.2) is 0 Å². The van der Waals surface area contributed by atoms with Gasteiger partial charge in [-0.05, 0) is 65.1 Å². The largest absolute Gasteiger partial charge is 0.391 e. The van der Waals surface area contributed by atoms with E-state index in [1.165, 1.54) is 14.7 Å². The number of aliphatic hydroxyl groups is 1. The molecule has 3 rings (SSSR count). The van der Waals surface area contributed by atoms with Gasteiger partial charge >= 0.3 is 0 Å². The van der Waals surface area contributed by atoms with Crippen molar-refractivity contribution in [3.05, 3.63) is 44.7 Å². The zero-order chi connectivity index (χ0) is 15.7. The molecule has 1 aromatic rings. The molecule has 4 nitrogen and oxygen atoms in total. The molecule has 2 unspecified atom stereocenters. The second-order valence-corrected chi connectivity index (χ2v) is 7.32. The van der Waals surface area contributed by atoms with Gasteiger partial charge in [0, 0.05) is 21.2 Å². The molecule has 0 aromatic heterocycles. The summed E-state index contributed by atoms with van der Waals surface area (Å²) in [5.74, 6) is 0.336. The number of hydrogen-bond acceptors (Lipinski definition) is 4. The first-order chi connectivity index (χ1) is 10.6. The molecule has 0 radical (unpaired) electrons. The second-order valence-electron chi connectivity index (χ2n) is 6.08. The summed E-state index contributed by atoms with van der Waals surface area (Å²) in [5, 5.41) is 14.0. The van der Waals surface area contributed by atoms with Crippen LogP contribution in [0, 0.1) is 3.57 Å². The summed E-state index contributed by atoms with van der Waals surface area (Å²) >= 11 is 2.33.